The van der Waals surface area contributed by atoms with Crippen LogP contribution in [0.1, 0.15) is 24.1 Å². The Labute approximate surface area is 213 Å². The number of amides is 1. The van der Waals surface area contributed by atoms with Gasteiger partial charge in [-0.25, -0.2) is 4.68 Å². The lowest BCUT2D eigenvalue weighted by Gasteiger charge is -2.29. The average molecular weight is 502 g/mol. The summed E-state index contributed by atoms with van der Waals surface area (Å²) in [6.07, 6.45) is 1.46. The Morgan fingerprint density at radius 3 is 2.61 bits per heavy atom. The van der Waals surface area contributed by atoms with Crippen molar-refractivity contribution in [3.8, 4) is 11.5 Å². The molecule has 0 fully saturated rings. The number of ether oxygens (including phenoxy) is 2. The molecule has 36 heavy (non-hydrogen) atoms. The number of halogens is 1. The highest BCUT2D eigenvalue weighted by atomic mass is 35.5. The number of anilines is 2. The minimum absolute atomic E-state index is 0.237. The minimum atomic E-state index is -0.522. The van der Waals surface area contributed by atoms with Gasteiger partial charge in [0.2, 0.25) is 5.95 Å². The highest BCUT2D eigenvalue weighted by Gasteiger charge is 2.34. The molecule has 0 saturated carbocycles. The largest absolute Gasteiger partial charge is 0.493 e. The van der Waals surface area contributed by atoms with E-state index in [1.165, 1.54) is 6.33 Å². The fraction of sp³-hybridized carbons (Fsp3) is 0.148. The Balaban J connectivity index is 1.47. The third kappa shape index (κ3) is 4.76. The maximum Gasteiger partial charge on any atom is 0.255 e. The van der Waals surface area contributed by atoms with Crippen molar-refractivity contribution < 1.29 is 14.3 Å². The molecule has 2 N–H and O–H groups in total. The van der Waals surface area contributed by atoms with Crippen molar-refractivity contribution in [3.05, 3.63) is 107 Å². The number of hydrogen-bond donors (Lipinski definition) is 2. The van der Waals surface area contributed by atoms with E-state index in [1.54, 1.807) is 11.8 Å². The van der Waals surface area contributed by atoms with Gasteiger partial charge in [-0.05, 0) is 54.4 Å². The molecule has 1 amide bonds. The molecule has 2 heterocycles. The molecule has 8 nitrogen and oxygen atoms in total. The number of nitrogens with one attached hydrogen (secondary N) is 2. The number of carbonyl (C=O) groups excluding carboxylic acids is 1. The van der Waals surface area contributed by atoms with E-state index in [2.05, 4.69) is 20.7 Å². The summed E-state index contributed by atoms with van der Waals surface area (Å²) in [5.74, 6) is 1.44. The van der Waals surface area contributed by atoms with Crippen LogP contribution in [0.15, 0.2) is 90.4 Å². The van der Waals surface area contributed by atoms with Gasteiger partial charge >= 0.3 is 0 Å². The van der Waals surface area contributed by atoms with Crippen LogP contribution < -0.4 is 20.1 Å². The third-order valence-corrected chi connectivity index (χ3v) is 6.13. The predicted molar refractivity (Wildman–Crippen MR) is 138 cm³/mol. The predicted octanol–water partition coefficient (Wildman–Crippen LogP) is 5.45. The van der Waals surface area contributed by atoms with Crippen LogP contribution in [-0.2, 0) is 11.4 Å². The van der Waals surface area contributed by atoms with Crippen LogP contribution in [0.2, 0.25) is 5.02 Å². The second-order valence-corrected chi connectivity index (χ2v) is 8.68. The third-order valence-electron chi connectivity index (χ3n) is 5.88. The molecule has 182 valence electrons. The van der Waals surface area contributed by atoms with Crippen molar-refractivity contribution in [2.24, 2.45) is 0 Å². The van der Waals surface area contributed by atoms with E-state index in [9.17, 15) is 4.79 Å². The second-order valence-electron chi connectivity index (χ2n) is 8.24. The number of nitrogens with zero attached hydrogens (tertiary/aromatic N) is 3. The SMILES string of the molecule is COc1cc(C2C(C(=O)Nc3ccccc3)=C(C)Nc3ncnn32)ccc1OCc1ccc(Cl)cc1. The minimum Gasteiger partial charge on any atom is -0.493 e. The lowest BCUT2D eigenvalue weighted by molar-refractivity contribution is -0.113. The molecule has 0 bridgehead atoms. The molecule has 3 aromatic carbocycles. The fourth-order valence-corrected chi connectivity index (χ4v) is 4.25. The monoisotopic (exact) mass is 501 g/mol. The average Bonchev–Trinajstić information content (AvgIpc) is 3.36. The van der Waals surface area contributed by atoms with Gasteiger partial charge < -0.3 is 20.1 Å². The molecule has 0 spiro atoms. The van der Waals surface area contributed by atoms with Gasteiger partial charge in [0.25, 0.3) is 5.91 Å². The van der Waals surface area contributed by atoms with E-state index in [0.717, 1.165) is 11.1 Å². The quantitative estimate of drug-likeness (QED) is 0.350. The van der Waals surface area contributed by atoms with E-state index in [1.807, 2.05) is 79.7 Å². The Morgan fingerprint density at radius 1 is 1.08 bits per heavy atom. The molecule has 1 aliphatic rings. The van der Waals surface area contributed by atoms with Gasteiger partial charge in [0.05, 0.1) is 12.7 Å². The number of allylic oxidation sites excluding steroid dienone is 1. The zero-order valence-corrected chi connectivity index (χ0v) is 20.5. The molecule has 9 heteroatoms. The van der Waals surface area contributed by atoms with Crippen molar-refractivity contribution in [2.45, 2.75) is 19.6 Å². The number of aromatic nitrogens is 3. The van der Waals surface area contributed by atoms with Crippen molar-refractivity contribution >= 4 is 29.1 Å². The van der Waals surface area contributed by atoms with Gasteiger partial charge in [0, 0.05) is 16.4 Å². The summed E-state index contributed by atoms with van der Waals surface area (Å²) < 4.78 is 13.4. The molecule has 4 aromatic rings. The van der Waals surface area contributed by atoms with Crippen LogP contribution >= 0.6 is 11.6 Å². The van der Waals surface area contributed by atoms with Crippen molar-refractivity contribution in [3.63, 3.8) is 0 Å². The first-order valence-corrected chi connectivity index (χ1v) is 11.7. The van der Waals surface area contributed by atoms with Crippen LogP contribution in [0.4, 0.5) is 11.6 Å². The van der Waals surface area contributed by atoms with E-state index in [4.69, 9.17) is 21.1 Å². The van der Waals surface area contributed by atoms with Crippen molar-refractivity contribution in [1.29, 1.82) is 0 Å². The molecule has 1 atom stereocenters. The summed E-state index contributed by atoms with van der Waals surface area (Å²) >= 11 is 5.98. The Kier molecular flexibility index (Phi) is 6.60. The first kappa shape index (κ1) is 23.4. The normalized spacial score (nSPS) is 14.6. The van der Waals surface area contributed by atoms with E-state index in [0.29, 0.717) is 46.0 Å². The van der Waals surface area contributed by atoms with Gasteiger partial charge in [-0.3, -0.25) is 4.79 Å². The summed E-state index contributed by atoms with van der Waals surface area (Å²) in [6, 6.07) is 21.9. The highest BCUT2D eigenvalue weighted by molar-refractivity contribution is 6.30. The molecule has 1 unspecified atom stereocenters. The first-order chi connectivity index (χ1) is 17.5. The number of hydrogen-bond acceptors (Lipinski definition) is 6. The number of fused-ring (bicyclic) bond motifs is 1. The van der Waals surface area contributed by atoms with Crippen LogP contribution in [0, 0.1) is 0 Å². The maximum absolute atomic E-state index is 13.5. The van der Waals surface area contributed by atoms with E-state index >= 15 is 0 Å². The lowest BCUT2D eigenvalue weighted by atomic mass is 9.94. The van der Waals surface area contributed by atoms with Crippen molar-refractivity contribution in [1.82, 2.24) is 14.8 Å². The Morgan fingerprint density at radius 2 is 1.86 bits per heavy atom. The number of benzene rings is 3. The number of carbonyl (C=O) groups is 1. The zero-order valence-electron chi connectivity index (χ0n) is 19.7. The highest BCUT2D eigenvalue weighted by Crippen LogP contribution is 2.39. The Bertz CT molecular complexity index is 1420. The first-order valence-electron chi connectivity index (χ1n) is 11.3. The second kappa shape index (κ2) is 10.1. The van der Waals surface area contributed by atoms with Gasteiger partial charge in [-0.15, -0.1) is 0 Å². The molecular formula is C27H24ClN5O3. The van der Waals surface area contributed by atoms with Gasteiger partial charge in [-0.1, -0.05) is 48.0 Å². The molecule has 0 saturated heterocycles. The number of para-hydroxylation sites is 1. The van der Waals surface area contributed by atoms with Crippen LogP contribution in [-0.4, -0.2) is 27.8 Å². The smallest absolute Gasteiger partial charge is 0.255 e. The molecule has 1 aromatic heterocycles. The standard InChI is InChI=1S/C27H24ClN5O3/c1-17-24(26(34)32-21-6-4-3-5-7-21)25(33-27(31-17)29-16-30-33)19-10-13-22(23(14-19)35-2)36-15-18-8-11-20(28)12-9-18/h3-14,16,25H,15H2,1-2H3,(H,32,34)(H,29,30,31). The van der Waals surface area contributed by atoms with E-state index in [-0.39, 0.29) is 5.91 Å². The van der Waals surface area contributed by atoms with E-state index < -0.39 is 6.04 Å². The topological polar surface area (TPSA) is 90.3 Å². The van der Waals surface area contributed by atoms with Crippen LogP contribution in [0.5, 0.6) is 11.5 Å². The number of rotatable bonds is 7. The zero-order chi connectivity index (χ0) is 25.1. The van der Waals surface area contributed by atoms with Gasteiger partial charge in [0.1, 0.15) is 19.0 Å². The lowest BCUT2D eigenvalue weighted by Crippen LogP contribution is -2.31. The van der Waals surface area contributed by atoms with Gasteiger partial charge in [0.15, 0.2) is 11.5 Å². The molecule has 0 radical (unpaired) electrons. The van der Waals surface area contributed by atoms with Crippen LogP contribution in [0.25, 0.3) is 0 Å². The van der Waals surface area contributed by atoms with Gasteiger partial charge in [-0.2, -0.15) is 10.1 Å². The number of methoxy groups -OCH3 is 1. The molecule has 5 rings (SSSR count). The Hall–Kier alpha value is -4.30. The summed E-state index contributed by atoms with van der Waals surface area (Å²) in [7, 11) is 1.59. The molecule has 1 aliphatic heterocycles. The summed E-state index contributed by atoms with van der Waals surface area (Å²) in [6.45, 7) is 2.21. The maximum atomic E-state index is 13.5. The fourth-order valence-electron chi connectivity index (χ4n) is 4.13. The summed E-state index contributed by atoms with van der Waals surface area (Å²) in [4.78, 5) is 17.8. The summed E-state index contributed by atoms with van der Waals surface area (Å²) in [5.41, 5.74) is 3.70. The molecular weight excluding hydrogens is 478 g/mol. The molecule has 0 aliphatic carbocycles. The summed E-state index contributed by atoms with van der Waals surface area (Å²) in [5, 5.41) is 11.2. The van der Waals surface area contributed by atoms with Crippen LogP contribution in [0.3, 0.4) is 0 Å². The van der Waals surface area contributed by atoms with Crippen molar-refractivity contribution in [2.75, 3.05) is 17.7 Å².